The number of aliphatic hydroxyl groups excluding tert-OH is 2. The van der Waals surface area contributed by atoms with Gasteiger partial charge in [0, 0.05) is 19.3 Å². The molecule has 0 aromatic rings. The van der Waals surface area contributed by atoms with Gasteiger partial charge in [0.25, 0.3) is 0 Å². The number of unbranched alkanes of at least 4 members (excludes halogenated alkanes) is 32. The van der Waals surface area contributed by atoms with Crippen molar-refractivity contribution >= 4 is 33.6 Å². The van der Waals surface area contributed by atoms with Crippen LogP contribution in [0.15, 0.2) is 194 Å². The van der Waals surface area contributed by atoms with Crippen molar-refractivity contribution in [3.63, 3.8) is 0 Å². The average molecular weight is 1700 g/mol. The van der Waals surface area contributed by atoms with Crippen molar-refractivity contribution in [1.29, 1.82) is 0 Å². The number of carbonyl (C=O) groups is 3. The standard InChI is InChI=1S/C101H168O16P2/c1-4-7-10-13-16-19-22-25-28-31-34-37-40-42-43-44-45-46-47-48-49-50-51-53-56-57-60-63-66-69-72-75-78-81-84-87-99(104)111-90-96(102)91-113-118(107,108)114-92-97(103)93-115-119(109,110)116-95-98(117-101(106)89-86-83-80-77-74-71-68-65-62-59-54-39-36-33-30-27-24-21-18-15-12-9-6-3)94-112-100(105)88-85-82-79-76-73-70-67-64-61-58-55-52-41-38-35-32-29-26-23-20-17-14-11-8-5-2/h7,9-10,12,16-21,25-30,34-39,42-43,45-46,52,55,59,62,68,71,96-98,102-103H,4-6,8,11,13-15,22-24,31-33,40-41,44,47-51,53-54,56-58,60-61,63-67,69-70,72-95H2,1-3H3,(H,107,108)(H,109,110)/b10-7-,12-9-,19-16-,20-17-,21-18-,28-25-,29-26-,30-27-,37-34-,38-35-,39-36-,43-42-,46-45-,55-52-,62-59-,71-68-. The molecule has 4 N–H and O–H groups in total. The Morgan fingerprint density at radius 1 is 0.244 bits per heavy atom. The molecule has 16 nitrogen and oxygen atoms in total. The minimum atomic E-state index is -4.96. The van der Waals surface area contributed by atoms with E-state index >= 15 is 0 Å². The van der Waals surface area contributed by atoms with E-state index in [1.54, 1.807) is 0 Å². The van der Waals surface area contributed by atoms with Gasteiger partial charge in [-0.2, -0.15) is 0 Å². The topological polar surface area (TPSA) is 231 Å². The Labute approximate surface area is 725 Å². The summed E-state index contributed by atoms with van der Waals surface area (Å²) in [5, 5.41) is 20.7. The second-order valence-electron chi connectivity index (χ2n) is 30.7. The van der Waals surface area contributed by atoms with Gasteiger partial charge in [-0.25, -0.2) is 9.13 Å². The summed E-state index contributed by atoms with van der Waals surface area (Å²) in [5.74, 6) is -1.61. The first-order chi connectivity index (χ1) is 58.2. The van der Waals surface area contributed by atoms with Gasteiger partial charge in [-0.3, -0.25) is 32.5 Å². The van der Waals surface area contributed by atoms with Crippen molar-refractivity contribution in [3.8, 4) is 0 Å². The quantitative estimate of drug-likeness (QED) is 0.0146. The molecule has 5 unspecified atom stereocenters. The maximum atomic E-state index is 13.1. The van der Waals surface area contributed by atoms with Crippen LogP contribution in [0.2, 0.25) is 0 Å². The highest BCUT2D eigenvalue weighted by Crippen LogP contribution is 2.45. The summed E-state index contributed by atoms with van der Waals surface area (Å²) in [6.45, 7) is 2.42. The van der Waals surface area contributed by atoms with Crippen LogP contribution < -0.4 is 0 Å². The first-order valence-electron chi connectivity index (χ1n) is 46.7. The maximum absolute atomic E-state index is 13.1. The third kappa shape index (κ3) is 92.9. The maximum Gasteiger partial charge on any atom is 0.472 e. The van der Waals surface area contributed by atoms with Gasteiger partial charge in [-0.15, -0.1) is 0 Å². The SMILES string of the molecule is CC/C=C\C/C=C\C/C=C\C/C=C\C/C=C\C/C=C\CCCCCCCCCCCCCCCCCCC(=O)OCC(O)COP(=O)(O)OCC(O)COP(=O)(O)OCC(COC(=O)CCCCCCCCCCC/C=C\C/C=C\C/C=C\C/C=C\CCCCC)OC(=O)CCCCCC/C=C\C/C=C\C/C=C\C/C=C\C/C=C\C/C=C\CC. The molecule has 0 amide bonds. The first-order valence-corrected chi connectivity index (χ1v) is 49.7. The summed E-state index contributed by atoms with van der Waals surface area (Å²) in [5.41, 5.74) is 0. The average Bonchev–Trinajstić information content (AvgIpc) is 0.912. The largest absolute Gasteiger partial charge is 0.472 e. The van der Waals surface area contributed by atoms with Crippen LogP contribution in [0.1, 0.15) is 367 Å². The molecule has 0 saturated heterocycles. The Morgan fingerprint density at radius 2 is 0.445 bits per heavy atom. The van der Waals surface area contributed by atoms with Crippen LogP contribution in [-0.2, 0) is 55.8 Å². The van der Waals surface area contributed by atoms with Crippen molar-refractivity contribution in [2.24, 2.45) is 0 Å². The number of rotatable bonds is 87. The molecule has 0 aromatic carbocycles. The Hall–Kier alpha value is -5.61. The van der Waals surface area contributed by atoms with Crippen LogP contribution in [-0.4, -0.2) is 95.9 Å². The summed E-state index contributed by atoms with van der Waals surface area (Å²) >= 11 is 0. The molecule has 0 heterocycles. The molecule has 0 aliphatic carbocycles. The molecule has 0 rings (SSSR count). The third-order valence-corrected chi connectivity index (χ3v) is 21.2. The number of phosphoric acid groups is 2. The van der Waals surface area contributed by atoms with Gasteiger partial charge in [0.05, 0.1) is 26.4 Å². The van der Waals surface area contributed by atoms with E-state index in [2.05, 4.69) is 215 Å². The van der Waals surface area contributed by atoms with E-state index in [1.807, 2.05) is 0 Å². The predicted molar refractivity (Wildman–Crippen MR) is 500 cm³/mol. The highest BCUT2D eigenvalue weighted by molar-refractivity contribution is 7.47. The molecule has 0 aliphatic heterocycles. The van der Waals surface area contributed by atoms with Crippen LogP contribution in [0.4, 0.5) is 0 Å². The predicted octanol–water partition coefficient (Wildman–Crippen LogP) is 29.0. The van der Waals surface area contributed by atoms with Crippen LogP contribution in [0, 0.1) is 0 Å². The van der Waals surface area contributed by atoms with Gasteiger partial charge >= 0.3 is 33.6 Å². The van der Waals surface area contributed by atoms with E-state index in [1.165, 1.54) is 135 Å². The fraction of sp³-hybridized carbons (Fsp3) is 0.653. The van der Waals surface area contributed by atoms with Gasteiger partial charge in [0.1, 0.15) is 25.4 Å². The lowest BCUT2D eigenvalue weighted by atomic mass is 10.0. The molecule has 5 atom stereocenters. The Bertz CT molecular complexity index is 2940. The van der Waals surface area contributed by atoms with E-state index in [4.69, 9.17) is 32.3 Å². The molecule has 0 aromatic heterocycles. The first kappa shape index (κ1) is 113. The number of phosphoric ester groups is 2. The van der Waals surface area contributed by atoms with Crippen LogP contribution in [0.25, 0.3) is 0 Å². The van der Waals surface area contributed by atoms with E-state index in [0.717, 1.165) is 173 Å². The molecular weight excluding hydrogens is 1530 g/mol. The van der Waals surface area contributed by atoms with Gasteiger partial charge in [-0.1, -0.05) is 376 Å². The van der Waals surface area contributed by atoms with Crippen molar-refractivity contribution in [2.45, 2.75) is 386 Å². The number of hydrogen-bond donors (Lipinski definition) is 4. The lowest BCUT2D eigenvalue weighted by molar-refractivity contribution is -0.161. The lowest BCUT2D eigenvalue weighted by Gasteiger charge is -2.21. The van der Waals surface area contributed by atoms with Crippen LogP contribution >= 0.6 is 15.6 Å². The van der Waals surface area contributed by atoms with Gasteiger partial charge in [0.15, 0.2) is 6.10 Å². The summed E-state index contributed by atoms with van der Waals surface area (Å²) < 4.78 is 61.5. The molecule has 18 heteroatoms. The zero-order valence-corrected chi connectivity index (χ0v) is 76.5. The molecule has 0 aliphatic rings. The number of ether oxygens (including phenoxy) is 3. The lowest BCUT2D eigenvalue weighted by Crippen LogP contribution is -2.30. The fourth-order valence-corrected chi connectivity index (χ4v) is 13.9. The Morgan fingerprint density at radius 3 is 0.706 bits per heavy atom. The zero-order chi connectivity index (χ0) is 86.5. The molecule has 0 saturated carbocycles. The van der Waals surface area contributed by atoms with Crippen LogP contribution in [0.3, 0.4) is 0 Å². The molecule has 678 valence electrons. The van der Waals surface area contributed by atoms with Gasteiger partial charge < -0.3 is 34.2 Å². The van der Waals surface area contributed by atoms with E-state index < -0.39 is 91.5 Å². The second-order valence-corrected chi connectivity index (χ2v) is 33.6. The van der Waals surface area contributed by atoms with Crippen molar-refractivity contribution < 1.29 is 75.8 Å². The van der Waals surface area contributed by atoms with E-state index in [0.29, 0.717) is 19.3 Å². The van der Waals surface area contributed by atoms with Gasteiger partial charge in [0.2, 0.25) is 0 Å². The fourth-order valence-electron chi connectivity index (χ4n) is 12.3. The summed E-state index contributed by atoms with van der Waals surface area (Å²) in [6.07, 6.45) is 122. The number of allylic oxidation sites excluding steroid dienone is 32. The van der Waals surface area contributed by atoms with Crippen molar-refractivity contribution in [2.75, 3.05) is 39.6 Å². The van der Waals surface area contributed by atoms with E-state index in [-0.39, 0.29) is 19.3 Å². The summed E-state index contributed by atoms with van der Waals surface area (Å²) in [6, 6.07) is 0. The molecule has 119 heavy (non-hydrogen) atoms. The molecule has 0 spiro atoms. The second kappa shape index (κ2) is 91.6. The third-order valence-electron chi connectivity index (χ3n) is 19.3. The molecular formula is C101H168O16P2. The van der Waals surface area contributed by atoms with Crippen LogP contribution in [0.5, 0.6) is 0 Å². The zero-order valence-electron chi connectivity index (χ0n) is 74.7. The summed E-state index contributed by atoms with van der Waals surface area (Å²) in [7, 11) is -9.83. The normalized spacial score (nSPS) is 14.6. The number of hydrogen-bond acceptors (Lipinski definition) is 14. The number of esters is 3. The monoisotopic (exact) mass is 1700 g/mol. The molecule has 0 bridgehead atoms. The molecule has 0 radical (unpaired) electrons. The van der Waals surface area contributed by atoms with Crippen molar-refractivity contribution in [1.82, 2.24) is 0 Å². The smallest absolute Gasteiger partial charge is 0.463 e. The van der Waals surface area contributed by atoms with Crippen molar-refractivity contribution in [3.05, 3.63) is 194 Å². The van der Waals surface area contributed by atoms with Gasteiger partial charge in [-0.05, 0) is 167 Å². The highest BCUT2D eigenvalue weighted by atomic mass is 31.2. The number of carbonyl (C=O) groups excluding carboxylic acids is 3. The highest BCUT2D eigenvalue weighted by Gasteiger charge is 2.29. The Balaban J connectivity index is 4.59. The Kier molecular flexibility index (Phi) is 87.3. The number of aliphatic hydroxyl groups is 2. The minimum Gasteiger partial charge on any atom is -0.463 e. The molecule has 0 fully saturated rings. The minimum absolute atomic E-state index is 0.0671. The van der Waals surface area contributed by atoms with E-state index in [9.17, 15) is 43.5 Å². The summed E-state index contributed by atoms with van der Waals surface area (Å²) in [4.78, 5) is 59.0.